The van der Waals surface area contributed by atoms with Gasteiger partial charge in [-0.1, -0.05) is 30.0 Å². The lowest BCUT2D eigenvalue weighted by Gasteiger charge is -2.09. The molecular weight excluding hydrogens is 488 g/mol. The summed E-state index contributed by atoms with van der Waals surface area (Å²) in [5.41, 5.74) is 2.62. The fourth-order valence-electron chi connectivity index (χ4n) is 4.24. The number of nitrogens with one attached hydrogen (secondary N) is 1. The van der Waals surface area contributed by atoms with Gasteiger partial charge in [-0.3, -0.25) is 4.79 Å². The van der Waals surface area contributed by atoms with Gasteiger partial charge in [-0.25, -0.2) is 4.79 Å². The number of thioether (sulfide) groups is 1. The van der Waals surface area contributed by atoms with E-state index in [1.54, 1.807) is 18.3 Å². The molecule has 0 spiro atoms. The number of amides is 1. The van der Waals surface area contributed by atoms with E-state index in [1.165, 1.54) is 32.7 Å². The van der Waals surface area contributed by atoms with Crippen LogP contribution in [0.15, 0.2) is 34.8 Å². The van der Waals surface area contributed by atoms with Crippen LogP contribution >= 0.6 is 34.4 Å². The van der Waals surface area contributed by atoms with Crippen molar-refractivity contribution in [3.63, 3.8) is 0 Å². The number of esters is 1. The van der Waals surface area contributed by atoms with Crippen LogP contribution in [0.2, 0.25) is 0 Å². The van der Waals surface area contributed by atoms with Crippen LogP contribution in [0.3, 0.4) is 0 Å². The monoisotopic (exact) mass is 512 g/mol. The Hall–Kier alpha value is -2.69. The fraction of sp³-hybridized carbons (Fsp3) is 0.333. The molecule has 1 aliphatic carbocycles. The van der Waals surface area contributed by atoms with E-state index in [0.717, 1.165) is 41.6 Å². The smallest absolute Gasteiger partial charge is 0.341 e. The minimum absolute atomic E-state index is 0.174. The van der Waals surface area contributed by atoms with E-state index in [2.05, 4.69) is 33.0 Å². The van der Waals surface area contributed by atoms with Crippen molar-refractivity contribution in [2.45, 2.75) is 44.8 Å². The Morgan fingerprint density at radius 3 is 2.88 bits per heavy atom. The predicted octanol–water partition coefficient (Wildman–Crippen LogP) is 5.64. The molecular formula is C24H24N4O3S3. The summed E-state index contributed by atoms with van der Waals surface area (Å²) in [4.78, 5) is 26.5. The molecule has 3 aromatic heterocycles. The lowest BCUT2D eigenvalue weighted by atomic mass is 10.1. The SMILES string of the molecule is CCOC(=O)c1c(NC(=O)CSc2nnc(-c3csc4ccccc34)n2CC)sc2c1CCC2. The lowest BCUT2D eigenvalue weighted by molar-refractivity contribution is -0.113. The van der Waals surface area contributed by atoms with Gasteiger partial charge in [-0.05, 0) is 44.7 Å². The summed E-state index contributed by atoms with van der Waals surface area (Å²) in [5, 5.41) is 16.3. The summed E-state index contributed by atoms with van der Waals surface area (Å²) >= 11 is 4.52. The highest BCUT2D eigenvalue weighted by atomic mass is 32.2. The Morgan fingerprint density at radius 2 is 2.06 bits per heavy atom. The van der Waals surface area contributed by atoms with Gasteiger partial charge in [-0.2, -0.15) is 0 Å². The van der Waals surface area contributed by atoms with E-state index in [-0.39, 0.29) is 17.6 Å². The molecule has 1 aromatic carbocycles. The van der Waals surface area contributed by atoms with Crippen LogP contribution in [-0.2, 0) is 28.9 Å². The number of aromatic nitrogens is 3. The number of anilines is 1. The summed E-state index contributed by atoms with van der Waals surface area (Å²) in [6, 6.07) is 8.25. The number of aryl methyl sites for hydroxylation is 1. The number of ether oxygens (including phenoxy) is 1. The number of hydrogen-bond acceptors (Lipinski definition) is 8. The van der Waals surface area contributed by atoms with Crippen LogP contribution in [0.5, 0.6) is 0 Å². The second-order valence-corrected chi connectivity index (χ2v) is 10.8. The highest BCUT2D eigenvalue weighted by molar-refractivity contribution is 7.99. The fourth-order valence-corrected chi connectivity index (χ4v) is 7.27. The summed E-state index contributed by atoms with van der Waals surface area (Å²) in [6.07, 6.45) is 2.83. The molecule has 7 nitrogen and oxygen atoms in total. The molecule has 1 amide bonds. The molecule has 0 atom stereocenters. The first-order valence-corrected chi connectivity index (χ1v) is 13.9. The molecule has 1 aliphatic rings. The van der Waals surface area contributed by atoms with Gasteiger partial charge in [0.25, 0.3) is 0 Å². The number of rotatable bonds is 8. The van der Waals surface area contributed by atoms with E-state index < -0.39 is 0 Å². The molecule has 0 bridgehead atoms. The van der Waals surface area contributed by atoms with E-state index in [9.17, 15) is 9.59 Å². The summed E-state index contributed by atoms with van der Waals surface area (Å²) < 4.78 is 8.50. The largest absolute Gasteiger partial charge is 0.462 e. The zero-order valence-electron chi connectivity index (χ0n) is 18.9. The molecule has 0 saturated carbocycles. The normalized spacial score (nSPS) is 12.8. The Balaban J connectivity index is 1.32. The third kappa shape index (κ3) is 4.25. The van der Waals surface area contributed by atoms with Crippen LogP contribution in [-0.4, -0.2) is 39.0 Å². The minimum atomic E-state index is -0.358. The van der Waals surface area contributed by atoms with Gasteiger partial charge >= 0.3 is 5.97 Å². The van der Waals surface area contributed by atoms with Crippen molar-refractivity contribution in [2.24, 2.45) is 0 Å². The maximum atomic E-state index is 12.8. The third-order valence-corrected chi connectivity index (χ3v) is 8.88. The molecule has 4 aromatic rings. The van der Waals surface area contributed by atoms with Gasteiger partial charge in [0.1, 0.15) is 5.00 Å². The van der Waals surface area contributed by atoms with Crippen molar-refractivity contribution in [2.75, 3.05) is 17.7 Å². The van der Waals surface area contributed by atoms with Crippen molar-refractivity contribution in [3.05, 3.63) is 45.6 Å². The molecule has 0 saturated heterocycles. The van der Waals surface area contributed by atoms with Crippen molar-refractivity contribution in [1.29, 1.82) is 0 Å². The summed E-state index contributed by atoms with van der Waals surface area (Å²) in [6.45, 7) is 4.84. The van der Waals surface area contributed by atoms with E-state index >= 15 is 0 Å². The second kappa shape index (κ2) is 9.89. The number of carbonyl (C=O) groups excluding carboxylic acids is 2. The molecule has 0 aliphatic heterocycles. The maximum absolute atomic E-state index is 12.8. The number of thiophene rings is 2. The number of nitrogens with zero attached hydrogens (tertiary/aromatic N) is 3. The highest BCUT2D eigenvalue weighted by Crippen LogP contribution is 2.40. The molecule has 5 rings (SSSR count). The van der Waals surface area contributed by atoms with Crippen LogP contribution in [0.1, 0.15) is 41.1 Å². The Labute approximate surface area is 209 Å². The van der Waals surface area contributed by atoms with Crippen LogP contribution < -0.4 is 5.32 Å². The van der Waals surface area contributed by atoms with E-state index in [1.807, 2.05) is 23.6 Å². The van der Waals surface area contributed by atoms with Gasteiger partial charge in [0.15, 0.2) is 11.0 Å². The standard InChI is InChI=1S/C24H24N4O3S3/c1-3-28-21(16-12-32-17-10-6-5-8-14(16)17)26-27-24(28)33-13-19(29)25-22-20(23(30)31-4-2)15-9-7-11-18(15)34-22/h5-6,8,10,12H,3-4,7,9,11,13H2,1-2H3,(H,25,29). The van der Waals surface area contributed by atoms with Crippen molar-refractivity contribution in [1.82, 2.24) is 14.8 Å². The van der Waals surface area contributed by atoms with Crippen LogP contribution in [0.4, 0.5) is 5.00 Å². The van der Waals surface area contributed by atoms with Gasteiger partial charge in [0.05, 0.1) is 17.9 Å². The Kier molecular flexibility index (Phi) is 6.71. The first-order valence-electron chi connectivity index (χ1n) is 11.2. The van der Waals surface area contributed by atoms with Crippen molar-refractivity contribution >= 4 is 61.4 Å². The first-order chi connectivity index (χ1) is 16.6. The predicted molar refractivity (Wildman–Crippen MR) is 138 cm³/mol. The zero-order chi connectivity index (χ0) is 23.7. The van der Waals surface area contributed by atoms with E-state index in [4.69, 9.17) is 4.74 Å². The zero-order valence-corrected chi connectivity index (χ0v) is 21.4. The highest BCUT2D eigenvalue weighted by Gasteiger charge is 2.28. The van der Waals surface area contributed by atoms with Crippen LogP contribution in [0, 0.1) is 0 Å². The number of fused-ring (bicyclic) bond motifs is 2. The quantitative estimate of drug-likeness (QED) is 0.243. The molecule has 0 fully saturated rings. The minimum Gasteiger partial charge on any atom is -0.462 e. The third-order valence-electron chi connectivity index (χ3n) is 5.74. The average Bonchev–Trinajstić information content (AvgIpc) is 3.59. The summed E-state index contributed by atoms with van der Waals surface area (Å²) in [5.74, 6) is 0.446. The number of hydrogen-bond donors (Lipinski definition) is 1. The van der Waals surface area contributed by atoms with Gasteiger partial charge in [0.2, 0.25) is 5.91 Å². The lowest BCUT2D eigenvalue weighted by Crippen LogP contribution is -2.17. The molecule has 34 heavy (non-hydrogen) atoms. The summed E-state index contributed by atoms with van der Waals surface area (Å²) in [7, 11) is 0. The van der Waals surface area contributed by atoms with Gasteiger partial charge < -0.3 is 14.6 Å². The Bertz CT molecular complexity index is 1370. The van der Waals surface area contributed by atoms with Gasteiger partial charge in [-0.15, -0.1) is 32.9 Å². The second-order valence-electron chi connectivity index (χ2n) is 7.81. The number of benzene rings is 1. The van der Waals surface area contributed by atoms with E-state index in [0.29, 0.717) is 28.9 Å². The first kappa shape index (κ1) is 23.1. The maximum Gasteiger partial charge on any atom is 0.341 e. The van der Waals surface area contributed by atoms with Crippen molar-refractivity contribution in [3.8, 4) is 11.4 Å². The number of carbonyl (C=O) groups is 2. The molecule has 1 N–H and O–H groups in total. The molecule has 10 heteroatoms. The topological polar surface area (TPSA) is 86.1 Å². The van der Waals surface area contributed by atoms with Crippen molar-refractivity contribution < 1.29 is 14.3 Å². The Morgan fingerprint density at radius 1 is 1.21 bits per heavy atom. The molecule has 0 unspecified atom stereocenters. The van der Waals surface area contributed by atoms with Gasteiger partial charge in [0, 0.05) is 32.5 Å². The molecule has 0 radical (unpaired) electrons. The average molecular weight is 513 g/mol. The van der Waals surface area contributed by atoms with Crippen LogP contribution in [0.25, 0.3) is 21.5 Å². The molecule has 176 valence electrons. The molecule has 3 heterocycles.